The van der Waals surface area contributed by atoms with Crippen LogP contribution in [0.3, 0.4) is 0 Å². The summed E-state index contributed by atoms with van der Waals surface area (Å²) in [6.45, 7) is 6.90. The van der Waals surface area contributed by atoms with Crippen LogP contribution in [-0.4, -0.2) is 39.9 Å². The van der Waals surface area contributed by atoms with Crippen LogP contribution >= 0.6 is 0 Å². The zero-order valence-corrected chi connectivity index (χ0v) is 19.9. The number of aliphatic imine (C=N–C) groups is 1. The molecule has 2 aromatic carbocycles. The molecule has 0 bridgehead atoms. The van der Waals surface area contributed by atoms with Crippen LogP contribution in [0.5, 0.6) is 0 Å². The number of para-hydroxylation sites is 3. The van der Waals surface area contributed by atoms with Crippen LogP contribution in [0.25, 0.3) is 5.69 Å². The predicted molar refractivity (Wildman–Crippen MR) is 132 cm³/mol. The number of amidine groups is 1. The number of anilines is 1. The van der Waals surface area contributed by atoms with Crippen molar-refractivity contribution in [2.75, 3.05) is 11.9 Å². The van der Waals surface area contributed by atoms with E-state index in [1.165, 1.54) is 0 Å². The molecule has 0 aliphatic carbocycles. The number of benzene rings is 2. The number of rotatable bonds is 5. The summed E-state index contributed by atoms with van der Waals surface area (Å²) in [6, 6.07) is 16.5. The number of esters is 1. The maximum absolute atomic E-state index is 13.3. The Balaban J connectivity index is 1.70. The van der Waals surface area contributed by atoms with Crippen molar-refractivity contribution in [2.24, 2.45) is 4.99 Å². The standard InChI is InChI=1S/C26H25N5O4/c1-5-35-26(34)22-15(2)27-19-13-9-10-14-20(19)28-24(22)29-25(33)23(32)21-16(3)30-31(17(21)4)18-11-7-6-8-12-18/h6-14,27H,5H2,1-4H3,(H,28,29,33). The molecule has 0 unspecified atom stereocenters. The summed E-state index contributed by atoms with van der Waals surface area (Å²) in [5.74, 6) is -2.45. The Kier molecular flexibility index (Phi) is 6.59. The molecule has 0 radical (unpaired) electrons. The summed E-state index contributed by atoms with van der Waals surface area (Å²) in [5.41, 5.74) is 3.53. The largest absolute Gasteiger partial charge is 0.462 e. The Morgan fingerprint density at radius 1 is 1.00 bits per heavy atom. The lowest BCUT2D eigenvalue weighted by molar-refractivity contribution is -0.137. The van der Waals surface area contributed by atoms with E-state index in [0.717, 1.165) is 5.69 Å². The Morgan fingerprint density at radius 2 is 1.69 bits per heavy atom. The van der Waals surface area contributed by atoms with Gasteiger partial charge in [0.1, 0.15) is 11.4 Å². The lowest BCUT2D eigenvalue weighted by Gasteiger charge is -2.13. The molecule has 3 aromatic rings. The second-order valence-electron chi connectivity index (χ2n) is 7.90. The third-order valence-electron chi connectivity index (χ3n) is 5.51. The van der Waals surface area contributed by atoms with Crippen LogP contribution < -0.4 is 10.6 Å². The van der Waals surface area contributed by atoms with Crippen LogP contribution in [0.4, 0.5) is 11.4 Å². The van der Waals surface area contributed by atoms with Crippen molar-refractivity contribution < 1.29 is 19.1 Å². The highest BCUT2D eigenvalue weighted by atomic mass is 16.5. The molecule has 178 valence electrons. The number of ketones is 1. The van der Waals surface area contributed by atoms with E-state index in [1.807, 2.05) is 36.4 Å². The zero-order chi connectivity index (χ0) is 25.1. The molecule has 1 amide bonds. The molecular formula is C26H25N5O4. The smallest absolute Gasteiger partial charge is 0.343 e. The number of nitrogens with one attached hydrogen (secondary N) is 2. The van der Waals surface area contributed by atoms with Crippen LogP contribution in [-0.2, 0) is 14.3 Å². The van der Waals surface area contributed by atoms with Crippen molar-refractivity contribution in [1.82, 2.24) is 15.1 Å². The number of hydrogen-bond acceptors (Lipinski definition) is 7. The van der Waals surface area contributed by atoms with Gasteiger partial charge in [0, 0.05) is 5.70 Å². The number of carbonyl (C=O) groups is 3. The van der Waals surface area contributed by atoms with E-state index in [0.29, 0.717) is 28.5 Å². The minimum atomic E-state index is -0.934. The molecule has 4 rings (SSSR count). The molecule has 0 atom stereocenters. The lowest BCUT2D eigenvalue weighted by atomic mass is 10.1. The lowest BCUT2D eigenvalue weighted by Crippen LogP contribution is -2.39. The number of nitrogens with zero attached hydrogens (tertiary/aromatic N) is 3. The normalized spacial score (nSPS) is 12.7. The number of hydrogen-bond donors (Lipinski definition) is 2. The molecule has 9 nitrogen and oxygen atoms in total. The molecule has 35 heavy (non-hydrogen) atoms. The summed E-state index contributed by atoms with van der Waals surface area (Å²) < 4.78 is 6.80. The van der Waals surface area contributed by atoms with E-state index in [2.05, 4.69) is 20.7 Å². The molecule has 1 aliphatic rings. The number of ether oxygens (including phenoxy) is 1. The van der Waals surface area contributed by atoms with Crippen molar-refractivity contribution in [3.8, 4) is 5.69 Å². The zero-order valence-electron chi connectivity index (χ0n) is 19.9. The molecule has 0 spiro atoms. The van der Waals surface area contributed by atoms with E-state index in [1.54, 1.807) is 50.6 Å². The van der Waals surface area contributed by atoms with Gasteiger partial charge < -0.3 is 15.4 Å². The highest BCUT2D eigenvalue weighted by Crippen LogP contribution is 2.30. The summed E-state index contributed by atoms with van der Waals surface area (Å²) in [7, 11) is 0. The third kappa shape index (κ3) is 4.61. The topological polar surface area (TPSA) is 115 Å². The van der Waals surface area contributed by atoms with Gasteiger partial charge in [-0.15, -0.1) is 0 Å². The monoisotopic (exact) mass is 471 g/mol. The molecule has 0 saturated carbocycles. The van der Waals surface area contributed by atoms with E-state index >= 15 is 0 Å². The average molecular weight is 472 g/mol. The summed E-state index contributed by atoms with van der Waals surface area (Å²) in [4.78, 5) is 43.6. The minimum absolute atomic E-state index is 0.0395. The molecule has 2 heterocycles. The van der Waals surface area contributed by atoms with Crippen molar-refractivity contribution >= 4 is 34.9 Å². The molecule has 9 heteroatoms. The predicted octanol–water partition coefficient (Wildman–Crippen LogP) is 3.78. The summed E-state index contributed by atoms with van der Waals surface area (Å²) in [6.07, 6.45) is 0. The SMILES string of the molecule is CCOC(=O)C1=C(C)Nc2ccccc2N=C1NC(=O)C(=O)c1c(C)nn(-c2ccccc2)c1C. The number of aromatic nitrogens is 2. The van der Waals surface area contributed by atoms with Gasteiger partial charge in [-0.2, -0.15) is 5.10 Å². The van der Waals surface area contributed by atoms with Crippen molar-refractivity contribution in [2.45, 2.75) is 27.7 Å². The fraction of sp³-hybridized carbons (Fsp3) is 0.192. The fourth-order valence-electron chi connectivity index (χ4n) is 3.91. The highest BCUT2D eigenvalue weighted by molar-refractivity contribution is 6.47. The molecule has 2 N–H and O–H groups in total. The first-order valence-corrected chi connectivity index (χ1v) is 11.1. The van der Waals surface area contributed by atoms with Crippen LogP contribution in [0.2, 0.25) is 0 Å². The molecule has 1 aliphatic heterocycles. The van der Waals surface area contributed by atoms with Gasteiger partial charge in [-0.1, -0.05) is 30.3 Å². The molecule has 1 aromatic heterocycles. The van der Waals surface area contributed by atoms with Gasteiger partial charge >= 0.3 is 5.97 Å². The first-order valence-electron chi connectivity index (χ1n) is 11.1. The summed E-state index contributed by atoms with van der Waals surface area (Å²) >= 11 is 0. The Labute approximate surface area is 202 Å². The van der Waals surface area contributed by atoms with Gasteiger partial charge in [0.2, 0.25) is 0 Å². The first-order chi connectivity index (χ1) is 16.8. The van der Waals surface area contributed by atoms with Gasteiger partial charge in [0.15, 0.2) is 0 Å². The van der Waals surface area contributed by atoms with E-state index in [4.69, 9.17) is 4.74 Å². The Morgan fingerprint density at radius 3 is 2.40 bits per heavy atom. The second kappa shape index (κ2) is 9.76. The van der Waals surface area contributed by atoms with Gasteiger partial charge in [0.05, 0.1) is 40.6 Å². The number of carbonyl (C=O) groups excluding carboxylic acids is 3. The Hall–Kier alpha value is -4.53. The second-order valence-corrected chi connectivity index (χ2v) is 7.90. The van der Waals surface area contributed by atoms with Gasteiger partial charge in [-0.3, -0.25) is 9.59 Å². The number of aryl methyl sites for hydroxylation is 1. The number of fused-ring (bicyclic) bond motifs is 1. The quantitative estimate of drug-likeness (QED) is 0.333. The minimum Gasteiger partial charge on any atom is -0.462 e. The maximum atomic E-state index is 13.3. The number of Topliss-reactive ketones (excluding diaryl/α,β-unsaturated/α-hetero) is 1. The molecule has 0 fully saturated rings. The third-order valence-corrected chi connectivity index (χ3v) is 5.51. The summed E-state index contributed by atoms with van der Waals surface area (Å²) in [5, 5.41) is 10.1. The van der Waals surface area contributed by atoms with E-state index < -0.39 is 17.7 Å². The van der Waals surface area contributed by atoms with Crippen molar-refractivity contribution in [3.63, 3.8) is 0 Å². The Bertz CT molecular complexity index is 1390. The first kappa shape index (κ1) is 23.6. The molecule has 0 saturated heterocycles. The van der Waals surface area contributed by atoms with Gasteiger partial charge in [-0.05, 0) is 52.0 Å². The van der Waals surface area contributed by atoms with Crippen LogP contribution in [0.15, 0.2) is 70.9 Å². The number of allylic oxidation sites excluding steroid dienone is 1. The van der Waals surface area contributed by atoms with Gasteiger partial charge in [0.25, 0.3) is 11.7 Å². The highest BCUT2D eigenvalue weighted by Gasteiger charge is 2.30. The number of amides is 1. The van der Waals surface area contributed by atoms with Crippen molar-refractivity contribution in [1.29, 1.82) is 0 Å². The average Bonchev–Trinajstić information content (AvgIpc) is 3.05. The van der Waals surface area contributed by atoms with E-state index in [-0.39, 0.29) is 23.6 Å². The van der Waals surface area contributed by atoms with E-state index in [9.17, 15) is 14.4 Å². The van der Waals surface area contributed by atoms with Crippen LogP contribution in [0.1, 0.15) is 35.6 Å². The fourth-order valence-corrected chi connectivity index (χ4v) is 3.91. The van der Waals surface area contributed by atoms with Gasteiger partial charge in [-0.25, -0.2) is 14.5 Å². The maximum Gasteiger partial charge on any atom is 0.343 e. The van der Waals surface area contributed by atoms with Crippen LogP contribution in [0, 0.1) is 13.8 Å². The van der Waals surface area contributed by atoms with Crippen molar-refractivity contribution in [3.05, 3.63) is 82.8 Å². The molecular weight excluding hydrogens is 446 g/mol.